The molecule has 1 atom stereocenters. The van der Waals surface area contributed by atoms with Gasteiger partial charge in [-0.15, -0.1) is 5.10 Å². The minimum atomic E-state index is -0.957. The molecule has 4 N–H and O–H groups in total. The Morgan fingerprint density at radius 1 is 1.07 bits per heavy atom. The van der Waals surface area contributed by atoms with E-state index in [4.69, 9.17) is 11.6 Å². The Morgan fingerprint density at radius 3 is 2.66 bits per heavy atom. The van der Waals surface area contributed by atoms with Crippen molar-refractivity contribution in [3.8, 4) is 5.69 Å². The highest BCUT2D eigenvalue weighted by Crippen LogP contribution is 2.24. The Bertz CT molecular complexity index is 1730. The summed E-state index contributed by atoms with van der Waals surface area (Å²) in [7, 11) is 0. The lowest BCUT2D eigenvalue weighted by molar-refractivity contribution is -0.136. The van der Waals surface area contributed by atoms with Crippen LogP contribution < -0.4 is 10.6 Å². The summed E-state index contributed by atoms with van der Waals surface area (Å²) < 4.78 is 1.45. The van der Waals surface area contributed by atoms with E-state index in [0.717, 1.165) is 11.1 Å². The van der Waals surface area contributed by atoms with E-state index in [1.807, 2.05) is 30.3 Å². The Labute approximate surface area is 238 Å². The summed E-state index contributed by atoms with van der Waals surface area (Å²) in [5.74, 6) is -1.88. The van der Waals surface area contributed by atoms with Crippen molar-refractivity contribution in [1.82, 2.24) is 30.5 Å². The van der Waals surface area contributed by atoms with E-state index < -0.39 is 23.8 Å². The number of halogens is 1. The van der Waals surface area contributed by atoms with E-state index in [9.17, 15) is 19.5 Å². The highest BCUT2D eigenvalue weighted by atomic mass is 35.5. The number of H-pyrrole nitrogens is 1. The molecular formula is C29H24ClN7O4. The van der Waals surface area contributed by atoms with Crippen LogP contribution in [0.1, 0.15) is 16.7 Å². The predicted molar refractivity (Wildman–Crippen MR) is 154 cm³/mol. The second kappa shape index (κ2) is 12.3. The maximum atomic E-state index is 13.4. The Hall–Kier alpha value is -5.29. The van der Waals surface area contributed by atoms with Gasteiger partial charge in [0.25, 0.3) is 0 Å². The summed E-state index contributed by atoms with van der Waals surface area (Å²) in [5.41, 5.74) is 3.90. The Kier molecular flexibility index (Phi) is 8.16. The molecular weight excluding hydrogens is 546 g/mol. The van der Waals surface area contributed by atoms with Crippen LogP contribution >= 0.6 is 11.6 Å². The summed E-state index contributed by atoms with van der Waals surface area (Å²) in [6.07, 6.45) is 6.04. The molecule has 1 unspecified atom stereocenters. The fraction of sp³-hybridized carbons (Fsp3) is 0.103. The van der Waals surface area contributed by atoms with Gasteiger partial charge in [-0.1, -0.05) is 41.9 Å². The number of fused-ring (bicyclic) bond motifs is 1. The van der Waals surface area contributed by atoms with Crippen LogP contribution in [0.5, 0.6) is 0 Å². The molecule has 12 heteroatoms. The van der Waals surface area contributed by atoms with Gasteiger partial charge in [0, 0.05) is 45.9 Å². The minimum Gasteiger partial charge on any atom is -0.481 e. The number of carboxylic acids is 1. The number of aromatic amines is 1. The molecule has 0 spiro atoms. The number of nitrogens with zero attached hydrogens (tertiary/aromatic N) is 4. The molecule has 0 fully saturated rings. The van der Waals surface area contributed by atoms with Crippen LogP contribution in [-0.2, 0) is 27.2 Å². The van der Waals surface area contributed by atoms with Crippen molar-refractivity contribution in [3.05, 3.63) is 107 Å². The number of hydrogen-bond donors (Lipinski definition) is 4. The van der Waals surface area contributed by atoms with Crippen molar-refractivity contribution < 1.29 is 19.5 Å². The average Bonchev–Trinajstić information content (AvgIpc) is 3.63. The monoisotopic (exact) mass is 569 g/mol. The molecule has 0 aliphatic heterocycles. The number of anilines is 1. The maximum absolute atomic E-state index is 13.4. The Morgan fingerprint density at radius 2 is 1.90 bits per heavy atom. The van der Waals surface area contributed by atoms with E-state index in [-0.39, 0.29) is 12.8 Å². The van der Waals surface area contributed by atoms with Crippen molar-refractivity contribution >= 4 is 52.1 Å². The first kappa shape index (κ1) is 27.3. The molecule has 206 valence electrons. The first-order chi connectivity index (χ1) is 19.9. The normalized spacial score (nSPS) is 11.9. The smallest absolute Gasteiger partial charge is 0.307 e. The van der Waals surface area contributed by atoms with Gasteiger partial charge < -0.3 is 20.7 Å². The van der Waals surface area contributed by atoms with Crippen LogP contribution in [0, 0.1) is 0 Å². The van der Waals surface area contributed by atoms with E-state index >= 15 is 0 Å². The lowest BCUT2D eigenvalue weighted by Gasteiger charge is -2.18. The van der Waals surface area contributed by atoms with E-state index in [1.165, 1.54) is 17.1 Å². The Balaban J connectivity index is 1.36. The number of carbonyl (C=O) groups is 3. The molecule has 11 nitrogen and oxygen atoms in total. The highest BCUT2D eigenvalue weighted by molar-refractivity contribution is 6.30. The minimum absolute atomic E-state index is 0.155. The number of benzene rings is 3. The molecule has 41 heavy (non-hydrogen) atoms. The number of amides is 2. The van der Waals surface area contributed by atoms with Gasteiger partial charge in [-0.25, -0.2) is 0 Å². The third kappa shape index (κ3) is 6.84. The van der Waals surface area contributed by atoms with Gasteiger partial charge in [-0.2, -0.15) is 4.68 Å². The molecule has 5 rings (SSSR count). The molecule has 3 aromatic carbocycles. The molecule has 2 amide bonds. The standard InChI is InChI=1S/C29H24ClN7O4/c30-21-7-10-26(37-17-32-35-36-37)19(13-21)6-11-27(38)34-25(12-18-4-2-1-3-5-18)29(41)33-22-8-9-24-23(15-22)20(16-31-24)14-28(39)40/h1-11,13,15-17,25,31H,12,14H2,(H,33,41)(H,34,38)(H,39,40). The molecule has 0 bridgehead atoms. The number of tetrazole rings is 1. The fourth-order valence-corrected chi connectivity index (χ4v) is 4.56. The number of carbonyl (C=O) groups excluding carboxylic acids is 2. The van der Waals surface area contributed by atoms with Crippen molar-refractivity contribution in [2.24, 2.45) is 0 Å². The first-order valence-corrected chi connectivity index (χ1v) is 12.9. The summed E-state index contributed by atoms with van der Waals surface area (Å²) in [6.45, 7) is 0. The van der Waals surface area contributed by atoms with Gasteiger partial charge in [0.2, 0.25) is 11.8 Å². The molecule has 2 heterocycles. The highest BCUT2D eigenvalue weighted by Gasteiger charge is 2.21. The molecule has 0 radical (unpaired) electrons. The predicted octanol–water partition coefficient (Wildman–Crippen LogP) is 3.80. The number of aliphatic carboxylic acids is 1. The number of hydrogen-bond acceptors (Lipinski definition) is 6. The number of nitrogens with one attached hydrogen (secondary N) is 3. The zero-order valence-electron chi connectivity index (χ0n) is 21.5. The topological polar surface area (TPSA) is 155 Å². The van der Waals surface area contributed by atoms with Gasteiger partial charge in [-0.05, 0) is 64.0 Å². The van der Waals surface area contributed by atoms with Crippen LogP contribution in [0.25, 0.3) is 22.7 Å². The van der Waals surface area contributed by atoms with Gasteiger partial charge in [0.15, 0.2) is 0 Å². The van der Waals surface area contributed by atoms with Crippen LogP contribution in [0.4, 0.5) is 5.69 Å². The SMILES string of the molecule is O=C(O)Cc1c[nH]c2ccc(NC(=O)C(Cc3ccccc3)NC(=O)C=Cc3cc(Cl)ccc3-n3cnnn3)cc12. The number of rotatable bonds is 10. The van der Waals surface area contributed by atoms with Gasteiger partial charge in [0.1, 0.15) is 12.4 Å². The van der Waals surface area contributed by atoms with Gasteiger partial charge >= 0.3 is 5.97 Å². The van der Waals surface area contributed by atoms with Gasteiger partial charge in [-0.3, -0.25) is 14.4 Å². The maximum Gasteiger partial charge on any atom is 0.307 e. The summed E-state index contributed by atoms with van der Waals surface area (Å²) in [4.78, 5) is 40.7. The molecule has 5 aromatic rings. The van der Waals surface area contributed by atoms with Crippen molar-refractivity contribution in [3.63, 3.8) is 0 Å². The van der Waals surface area contributed by atoms with Gasteiger partial charge in [0.05, 0.1) is 12.1 Å². The fourth-order valence-electron chi connectivity index (χ4n) is 4.38. The number of carboxylic acid groups (broad SMARTS) is 1. The summed E-state index contributed by atoms with van der Waals surface area (Å²) in [6, 6.07) is 18.7. The van der Waals surface area contributed by atoms with Crippen LogP contribution in [0.15, 0.2) is 85.3 Å². The van der Waals surface area contributed by atoms with Crippen molar-refractivity contribution in [2.45, 2.75) is 18.9 Å². The van der Waals surface area contributed by atoms with Crippen molar-refractivity contribution in [1.29, 1.82) is 0 Å². The molecule has 0 saturated carbocycles. The first-order valence-electron chi connectivity index (χ1n) is 12.5. The summed E-state index contributed by atoms with van der Waals surface area (Å²) in [5, 5.41) is 27.2. The van der Waals surface area contributed by atoms with Crippen LogP contribution in [0.2, 0.25) is 5.02 Å². The molecule has 0 saturated heterocycles. The van der Waals surface area contributed by atoms with E-state index in [0.29, 0.717) is 32.9 Å². The molecule has 0 aliphatic carbocycles. The largest absolute Gasteiger partial charge is 0.481 e. The zero-order valence-corrected chi connectivity index (χ0v) is 22.2. The lowest BCUT2D eigenvalue weighted by atomic mass is 10.0. The quantitative estimate of drug-likeness (QED) is 0.186. The second-order valence-electron chi connectivity index (χ2n) is 9.18. The number of aromatic nitrogens is 5. The van der Waals surface area contributed by atoms with Crippen LogP contribution in [-0.4, -0.2) is 54.1 Å². The van der Waals surface area contributed by atoms with E-state index in [1.54, 1.807) is 48.7 Å². The third-order valence-electron chi connectivity index (χ3n) is 6.29. The van der Waals surface area contributed by atoms with E-state index in [2.05, 4.69) is 31.1 Å². The average molecular weight is 570 g/mol. The molecule has 2 aromatic heterocycles. The summed E-state index contributed by atoms with van der Waals surface area (Å²) >= 11 is 6.17. The molecule has 0 aliphatic rings. The van der Waals surface area contributed by atoms with Crippen molar-refractivity contribution in [2.75, 3.05) is 5.32 Å². The third-order valence-corrected chi connectivity index (χ3v) is 6.53. The zero-order chi connectivity index (χ0) is 28.8. The second-order valence-corrected chi connectivity index (χ2v) is 9.61. The van der Waals surface area contributed by atoms with Crippen LogP contribution in [0.3, 0.4) is 0 Å². The lowest BCUT2D eigenvalue weighted by Crippen LogP contribution is -2.44.